The van der Waals surface area contributed by atoms with Crippen molar-refractivity contribution >= 4 is 11.9 Å². The second-order valence-corrected chi connectivity index (χ2v) is 7.67. The lowest BCUT2D eigenvalue weighted by Gasteiger charge is -2.36. The first-order valence-corrected chi connectivity index (χ1v) is 10.8. The molecule has 1 fully saturated rings. The number of likely N-dealkylation sites (N-methyl/N-ethyl adjacent to an activating group) is 1. The molecule has 1 aromatic heterocycles. The van der Waals surface area contributed by atoms with Crippen molar-refractivity contribution in [2.75, 3.05) is 66.5 Å². The van der Waals surface area contributed by atoms with Crippen LogP contribution in [0.15, 0.2) is 58.1 Å². The number of nitrogens with zero attached hydrogens (tertiary/aromatic N) is 4. The number of benzene rings is 1. The van der Waals surface area contributed by atoms with Crippen molar-refractivity contribution in [2.45, 2.75) is 6.42 Å². The summed E-state index contributed by atoms with van der Waals surface area (Å²) in [4.78, 5) is 22.8. The summed E-state index contributed by atoms with van der Waals surface area (Å²) in [5, 5.41) is 3.40. The summed E-state index contributed by atoms with van der Waals surface area (Å²) in [7, 11) is 3.50. The average Bonchev–Trinajstić information content (AvgIpc) is 3.31. The molecule has 1 aromatic carbocycles. The molecule has 2 aromatic rings. The third-order valence-corrected chi connectivity index (χ3v) is 5.19. The largest absolute Gasteiger partial charge is 0.492 e. The number of rotatable bonds is 9. The Morgan fingerprint density at radius 1 is 1.13 bits per heavy atom. The van der Waals surface area contributed by atoms with Crippen LogP contribution in [0.2, 0.25) is 0 Å². The van der Waals surface area contributed by atoms with Crippen molar-refractivity contribution in [1.29, 1.82) is 0 Å². The van der Waals surface area contributed by atoms with Gasteiger partial charge in [-0.05, 0) is 24.3 Å². The van der Waals surface area contributed by atoms with Gasteiger partial charge < -0.3 is 24.3 Å². The molecule has 168 valence electrons. The lowest BCUT2D eigenvalue weighted by atomic mass is 10.3. The summed E-state index contributed by atoms with van der Waals surface area (Å²) in [6, 6.07) is 13.8. The minimum Gasteiger partial charge on any atom is -0.492 e. The van der Waals surface area contributed by atoms with Gasteiger partial charge in [-0.1, -0.05) is 18.2 Å². The molecular formula is C23H33N5O3. The fraction of sp³-hybridized carbons (Fsp3) is 0.478. The van der Waals surface area contributed by atoms with Crippen molar-refractivity contribution in [1.82, 2.24) is 20.0 Å². The first-order chi connectivity index (χ1) is 15.1. The van der Waals surface area contributed by atoms with Crippen molar-refractivity contribution < 1.29 is 13.9 Å². The highest BCUT2D eigenvalue weighted by molar-refractivity contribution is 5.84. The second-order valence-electron chi connectivity index (χ2n) is 7.67. The molecule has 0 bridgehead atoms. The van der Waals surface area contributed by atoms with E-state index in [9.17, 15) is 4.79 Å². The highest BCUT2D eigenvalue weighted by Crippen LogP contribution is 2.09. The van der Waals surface area contributed by atoms with Crippen molar-refractivity contribution in [3.8, 4) is 5.75 Å². The minimum absolute atomic E-state index is 0.0120. The number of para-hydroxylation sites is 1. The molecule has 0 aliphatic carbocycles. The number of carbonyl (C=O) groups is 1. The Morgan fingerprint density at radius 2 is 1.90 bits per heavy atom. The lowest BCUT2D eigenvalue weighted by molar-refractivity contribution is -0.127. The standard InChI is InChI=1S/C23H33N5O3/c1-26(2)22(29)19-25-23(24-11-10-21-9-6-17-30-21)28-14-12-27(13-15-28)16-18-31-20-7-4-3-5-8-20/h3-9,17H,10-16,18-19H2,1-2H3,(H,24,25). The van der Waals surface area contributed by atoms with E-state index in [1.165, 1.54) is 0 Å². The number of carbonyl (C=O) groups excluding carboxylic acids is 1. The van der Waals surface area contributed by atoms with E-state index in [4.69, 9.17) is 9.15 Å². The summed E-state index contributed by atoms with van der Waals surface area (Å²) in [6.07, 6.45) is 2.45. The summed E-state index contributed by atoms with van der Waals surface area (Å²) in [5.41, 5.74) is 0. The van der Waals surface area contributed by atoms with Crippen LogP contribution >= 0.6 is 0 Å². The van der Waals surface area contributed by atoms with E-state index >= 15 is 0 Å². The van der Waals surface area contributed by atoms with Gasteiger partial charge in [-0.25, -0.2) is 4.99 Å². The highest BCUT2D eigenvalue weighted by Gasteiger charge is 2.20. The molecule has 1 amide bonds. The normalized spacial score (nSPS) is 15.0. The zero-order valence-electron chi connectivity index (χ0n) is 18.5. The zero-order chi connectivity index (χ0) is 21.9. The lowest BCUT2D eigenvalue weighted by Crippen LogP contribution is -2.53. The van der Waals surface area contributed by atoms with Crippen LogP contribution in [0.5, 0.6) is 5.75 Å². The van der Waals surface area contributed by atoms with Gasteiger partial charge >= 0.3 is 0 Å². The molecule has 0 atom stereocenters. The molecule has 31 heavy (non-hydrogen) atoms. The van der Waals surface area contributed by atoms with Gasteiger partial charge in [-0.15, -0.1) is 0 Å². The maximum absolute atomic E-state index is 12.0. The number of amides is 1. The van der Waals surface area contributed by atoms with Gasteiger partial charge in [0, 0.05) is 59.8 Å². The number of guanidine groups is 1. The van der Waals surface area contributed by atoms with E-state index in [1.54, 1.807) is 25.3 Å². The Hall–Kier alpha value is -3.00. The Labute approximate surface area is 184 Å². The van der Waals surface area contributed by atoms with Crippen LogP contribution < -0.4 is 10.1 Å². The highest BCUT2D eigenvalue weighted by atomic mass is 16.5. The number of hydrogen-bond acceptors (Lipinski definition) is 5. The number of piperazine rings is 1. The number of ether oxygens (including phenoxy) is 1. The molecule has 0 spiro atoms. The quantitative estimate of drug-likeness (QED) is 0.484. The molecule has 8 nitrogen and oxygen atoms in total. The summed E-state index contributed by atoms with van der Waals surface area (Å²) < 4.78 is 11.2. The monoisotopic (exact) mass is 427 g/mol. The maximum Gasteiger partial charge on any atom is 0.243 e. The predicted octanol–water partition coefficient (Wildman–Crippen LogP) is 1.55. The number of furan rings is 1. The van der Waals surface area contributed by atoms with Crippen LogP contribution in [0.25, 0.3) is 0 Å². The van der Waals surface area contributed by atoms with Gasteiger partial charge in [0.15, 0.2) is 5.96 Å². The van der Waals surface area contributed by atoms with Crippen LogP contribution in [0.1, 0.15) is 5.76 Å². The molecule has 8 heteroatoms. The number of aliphatic imine (C=N–C) groups is 1. The molecule has 1 aliphatic heterocycles. The van der Waals surface area contributed by atoms with Crippen LogP contribution in [-0.4, -0.2) is 93.1 Å². The van der Waals surface area contributed by atoms with Gasteiger partial charge in [-0.3, -0.25) is 9.69 Å². The molecule has 0 radical (unpaired) electrons. The van der Waals surface area contributed by atoms with Crippen LogP contribution in [0, 0.1) is 0 Å². The van der Waals surface area contributed by atoms with E-state index in [2.05, 4.69) is 20.1 Å². The molecule has 1 N–H and O–H groups in total. The number of nitrogens with one attached hydrogen (secondary N) is 1. The van der Waals surface area contributed by atoms with E-state index in [0.717, 1.165) is 56.6 Å². The molecule has 0 unspecified atom stereocenters. The van der Waals surface area contributed by atoms with E-state index in [-0.39, 0.29) is 12.5 Å². The molecule has 1 aliphatic rings. The Balaban J connectivity index is 1.46. The van der Waals surface area contributed by atoms with Crippen molar-refractivity contribution in [3.05, 3.63) is 54.5 Å². The van der Waals surface area contributed by atoms with E-state index in [1.807, 2.05) is 42.5 Å². The van der Waals surface area contributed by atoms with Gasteiger partial charge in [-0.2, -0.15) is 0 Å². The summed E-state index contributed by atoms with van der Waals surface area (Å²) >= 11 is 0. The minimum atomic E-state index is -0.0120. The fourth-order valence-electron chi connectivity index (χ4n) is 3.30. The zero-order valence-corrected chi connectivity index (χ0v) is 18.5. The SMILES string of the molecule is CN(C)C(=O)CN=C(NCCc1ccco1)N1CCN(CCOc2ccccc2)CC1. The molecule has 0 saturated carbocycles. The summed E-state index contributed by atoms with van der Waals surface area (Å²) in [5.74, 6) is 2.60. The molecule has 1 saturated heterocycles. The fourth-order valence-corrected chi connectivity index (χ4v) is 3.30. The topological polar surface area (TPSA) is 73.6 Å². The number of hydrogen-bond donors (Lipinski definition) is 1. The van der Waals surface area contributed by atoms with Crippen molar-refractivity contribution in [3.63, 3.8) is 0 Å². The average molecular weight is 428 g/mol. The Morgan fingerprint density at radius 3 is 2.58 bits per heavy atom. The van der Waals surface area contributed by atoms with Crippen LogP contribution in [0.3, 0.4) is 0 Å². The Bertz CT molecular complexity index is 800. The molecular weight excluding hydrogens is 394 g/mol. The molecule has 3 rings (SSSR count). The maximum atomic E-state index is 12.0. The van der Waals surface area contributed by atoms with Crippen molar-refractivity contribution in [2.24, 2.45) is 4.99 Å². The molecule has 2 heterocycles. The van der Waals surface area contributed by atoms with Crippen LogP contribution in [0.4, 0.5) is 0 Å². The summed E-state index contributed by atoms with van der Waals surface area (Å²) in [6.45, 7) is 5.97. The third-order valence-electron chi connectivity index (χ3n) is 5.19. The van der Waals surface area contributed by atoms with Gasteiger partial charge in [0.2, 0.25) is 5.91 Å². The van der Waals surface area contributed by atoms with Gasteiger partial charge in [0.05, 0.1) is 6.26 Å². The van der Waals surface area contributed by atoms with E-state index < -0.39 is 0 Å². The van der Waals surface area contributed by atoms with Gasteiger partial charge in [0.1, 0.15) is 24.7 Å². The smallest absolute Gasteiger partial charge is 0.243 e. The predicted molar refractivity (Wildman–Crippen MR) is 121 cm³/mol. The van der Waals surface area contributed by atoms with E-state index in [0.29, 0.717) is 13.2 Å². The Kier molecular flexibility index (Phi) is 8.78. The van der Waals surface area contributed by atoms with Crippen LogP contribution in [-0.2, 0) is 11.2 Å². The third kappa shape index (κ3) is 7.64. The second kappa shape index (κ2) is 12.0. The first kappa shape index (κ1) is 22.7. The van der Waals surface area contributed by atoms with Gasteiger partial charge in [0.25, 0.3) is 0 Å². The first-order valence-electron chi connectivity index (χ1n) is 10.8.